The third kappa shape index (κ3) is 4.99. The molecular weight excluding hydrogens is 506 g/mol. The zero-order valence-corrected chi connectivity index (χ0v) is 20.6. The molecule has 10 heteroatoms. The van der Waals surface area contributed by atoms with Crippen LogP contribution in [0.1, 0.15) is 48.6 Å². The molecule has 2 heterocycles. The summed E-state index contributed by atoms with van der Waals surface area (Å²) in [5.74, 6) is -1.43. The Morgan fingerprint density at radius 1 is 1.11 bits per heavy atom. The summed E-state index contributed by atoms with van der Waals surface area (Å²) in [5.41, 5.74) is -1.05. The number of hydrogen-bond acceptors (Lipinski definition) is 5. The van der Waals surface area contributed by atoms with Gasteiger partial charge in [0.1, 0.15) is 18.2 Å². The molecule has 1 saturated carbocycles. The molecule has 200 valence electrons. The first-order chi connectivity index (χ1) is 18.1. The highest BCUT2D eigenvalue weighted by Gasteiger charge is 2.41. The fraction of sp³-hybridized carbons (Fsp3) is 0.357. The zero-order valence-electron chi connectivity index (χ0n) is 20.6. The molecule has 0 saturated heterocycles. The second-order valence-electron chi connectivity index (χ2n) is 9.59. The average Bonchev–Trinajstić information content (AvgIpc) is 3.73. The molecule has 1 fully saturated rings. The van der Waals surface area contributed by atoms with Gasteiger partial charge in [0.2, 0.25) is 0 Å². The lowest BCUT2D eigenvalue weighted by Gasteiger charge is -2.30. The van der Waals surface area contributed by atoms with Crippen LogP contribution in [0.15, 0.2) is 48.5 Å². The Balaban J connectivity index is 1.49. The maximum atomic E-state index is 14.5. The van der Waals surface area contributed by atoms with Crippen LogP contribution in [-0.4, -0.2) is 29.8 Å². The van der Waals surface area contributed by atoms with Crippen molar-refractivity contribution < 1.29 is 41.7 Å². The minimum absolute atomic E-state index is 0.129. The van der Waals surface area contributed by atoms with Gasteiger partial charge in [0.05, 0.1) is 18.7 Å². The third-order valence-corrected chi connectivity index (χ3v) is 7.06. The van der Waals surface area contributed by atoms with Gasteiger partial charge in [-0.1, -0.05) is 19.1 Å². The number of fused-ring (bicyclic) bond motifs is 1. The molecule has 1 aromatic heterocycles. The van der Waals surface area contributed by atoms with Crippen molar-refractivity contribution in [2.45, 2.75) is 38.0 Å². The summed E-state index contributed by atoms with van der Waals surface area (Å²) < 4.78 is 73.6. The third-order valence-electron chi connectivity index (χ3n) is 7.06. The number of aliphatic carboxylic acids is 1. The number of aromatic nitrogens is 1. The number of halogens is 4. The molecule has 3 unspecified atom stereocenters. The van der Waals surface area contributed by atoms with Crippen molar-refractivity contribution in [2.75, 3.05) is 13.7 Å². The number of pyridine rings is 1. The van der Waals surface area contributed by atoms with Gasteiger partial charge in [0.15, 0.2) is 23.3 Å². The molecule has 0 amide bonds. The molecule has 1 aliphatic heterocycles. The Kier molecular flexibility index (Phi) is 6.66. The van der Waals surface area contributed by atoms with Crippen LogP contribution in [0.25, 0.3) is 11.3 Å². The van der Waals surface area contributed by atoms with Crippen molar-refractivity contribution >= 4 is 5.97 Å². The first-order valence-electron chi connectivity index (χ1n) is 12.1. The van der Waals surface area contributed by atoms with E-state index in [1.807, 2.05) is 0 Å². The fourth-order valence-electron chi connectivity index (χ4n) is 4.96. The van der Waals surface area contributed by atoms with E-state index in [0.717, 1.165) is 24.5 Å². The molecule has 1 N–H and O–H groups in total. The number of nitrogens with zero attached hydrogens (tertiary/aromatic N) is 1. The fourth-order valence-corrected chi connectivity index (χ4v) is 4.96. The maximum absolute atomic E-state index is 14.5. The Hall–Kier alpha value is -3.82. The van der Waals surface area contributed by atoms with Gasteiger partial charge >= 0.3 is 12.1 Å². The molecular formula is C28H25F4NO5. The molecule has 5 rings (SSSR count). The van der Waals surface area contributed by atoms with E-state index < -0.39 is 35.7 Å². The molecule has 0 bridgehead atoms. The molecule has 1 aliphatic carbocycles. The summed E-state index contributed by atoms with van der Waals surface area (Å²) in [6.45, 7) is 1.46. The van der Waals surface area contributed by atoms with Gasteiger partial charge < -0.3 is 19.3 Å². The van der Waals surface area contributed by atoms with Gasteiger partial charge in [0.25, 0.3) is 0 Å². The second kappa shape index (κ2) is 9.81. The number of carboxylic acids is 1. The zero-order chi connectivity index (χ0) is 27.2. The van der Waals surface area contributed by atoms with E-state index in [0.29, 0.717) is 5.75 Å². The normalized spacial score (nSPS) is 18.5. The van der Waals surface area contributed by atoms with Crippen LogP contribution >= 0.6 is 0 Å². The number of ether oxygens (including phenoxy) is 3. The van der Waals surface area contributed by atoms with E-state index in [9.17, 15) is 27.5 Å². The highest BCUT2D eigenvalue weighted by atomic mass is 19.4. The van der Waals surface area contributed by atoms with Gasteiger partial charge in [0, 0.05) is 11.1 Å². The van der Waals surface area contributed by atoms with Crippen molar-refractivity contribution in [2.24, 2.45) is 11.8 Å². The van der Waals surface area contributed by atoms with Crippen molar-refractivity contribution in [3.8, 4) is 28.5 Å². The molecule has 2 aliphatic rings. The summed E-state index contributed by atoms with van der Waals surface area (Å²) in [5, 5.41) is 9.58. The van der Waals surface area contributed by atoms with Crippen molar-refractivity contribution in [3.05, 3.63) is 71.2 Å². The second-order valence-corrected chi connectivity index (χ2v) is 9.59. The number of carbonyl (C=O) groups is 1. The van der Waals surface area contributed by atoms with Crippen LogP contribution in [0, 0.1) is 17.7 Å². The highest BCUT2D eigenvalue weighted by Crippen LogP contribution is 2.49. The van der Waals surface area contributed by atoms with Crippen LogP contribution in [0.2, 0.25) is 0 Å². The monoisotopic (exact) mass is 531 g/mol. The Morgan fingerprint density at radius 3 is 2.53 bits per heavy atom. The van der Waals surface area contributed by atoms with Gasteiger partial charge in [-0.15, -0.1) is 0 Å². The molecule has 38 heavy (non-hydrogen) atoms. The first-order valence-corrected chi connectivity index (χ1v) is 12.1. The van der Waals surface area contributed by atoms with E-state index in [4.69, 9.17) is 14.2 Å². The lowest BCUT2D eigenvalue weighted by molar-refractivity contribution is -0.143. The topological polar surface area (TPSA) is 77.9 Å². The maximum Gasteiger partial charge on any atom is 0.433 e. The minimum Gasteiger partial charge on any atom is -0.497 e. The molecule has 3 atom stereocenters. The van der Waals surface area contributed by atoms with Crippen molar-refractivity contribution in [1.82, 2.24) is 4.98 Å². The molecule has 6 nitrogen and oxygen atoms in total. The highest BCUT2D eigenvalue weighted by molar-refractivity contribution is 5.71. The van der Waals surface area contributed by atoms with Crippen molar-refractivity contribution in [3.63, 3.8) is 0 Å². The van der Waals surface area contributed by atoms with Crippen molar-refractivity contribution in [1.29, 1.82) is 0 Å². The van der Waals surface area contributed by atoms with E-state index in [1.165, 1.54) is 31.4 Å². The average molecular weight is 532 g/mol. The smallest absolute Gasteiger partial charge is 0.433 e. The quantitative estimate of drug-likeness (QED) is 0.345. The van der Waals surface area contributed by atoms with Gasteiger partial charge in [-0.25, -0.2) is 9.37 Å². The van der Waals surface area contributed by atoms with E-state index in [1.54, 1.807) is 25.1 Å². The Bertz CT molecular complexity index is 1370. The SMILES string of the molecule is COc1ccc(F)c(-c2ccc(C3COc4ccc(C(C5CC5)C(C)C(=O)O)cc4O3)c(C(F)(F)F)n2)c1. The lowest BCUT2D eigenvalue weighted by atomic mass is 9.83. The van der Waals surface area contributed by atoms with Crippen LogP contribution in [-0.2, 0) is 11.0 Å². The van der Waals surface area contributed by atoms with Gasteiger partial charge in [-0.2, -0.15) is 13.2 Å². The first kappa shape index (κ1) is 25.8. The number of methoxy groups -OCH3 is 1. The minimum atomic E-state index is -4.85. The number of carboxylic acid groups (broad SMARTS) is 1. The van der Waals surface area contributed by atoms with Gasteiger partial charge in [-0.3, -0.25) is 4.79 Å². The summed E-state index contributed by atoms with van der Waals surface area (Å²) in [7, 11) is 1.37. The van der Waals surface area contributed by atoms with Gasteiger partial charge in [-0.05, 0) is 66.6 Å². The summed E-state index contributed by atoms with van der Waals surface area (Å²) in [6, 6.07) is 11.4. The number of alkyl halides is 3. The van der Waals surface area contributed by atoms with Crippen LogP contribution in [0.4, 0.5) is 17.6 Å². The summed E-state index contributed by atoms with van der Waals surface area (Å²) >= 11 is 0. The van der Waals surface area contributed by atoms with E-state index >= 15 is 0 Å². The standard InChI is InChI=1S/C28H25F4NO5/c1-14(27(34)35)25(15-3-4-15)16-5-10-22-23(11-16)38-24(13-37-22)18-7-9-21(33-26(18)28(30,31)32)19-12-17(36-2)6-8-20(19)29/h5-12,14-15,24-25H,3-4,13H2,1-2H3,(H,34,35). The predicted molar refractivity (Wildman–Crippen MR) is 129 cm³/mol. The molecule has 3 aromatic rings. The number of benzene rings is 2. The molecule has 2 aromatic carbocycles. The molecule has 0 spiro atoms. The largest absolute Gasteiger partial charge is 0.497 e. The summed E-state index contributed by atoms with van der Waals surface area (Å²) in [6.07, 6.45) is -4.15. The molecule has 0 radical (unpaired) electrons. The Labute approximate surface area is 216 Å². The summed E-state index contributed by atoms with van der Waals surface area (Å²) in [4.78, 5) is 15.5. The number of rotatable bonds is 7. The lowest BCUT2D eigenvalue weighted by Crippen LogP contribution is -2.26. The van der Waals surface area contributed by atoms with Crippen LogP contribution < -0.4 is 14.2 Å². The van der Waals surface area contributed by atoms with E-state index in [2.05, 4.69) is 4.98 Å². The van der Waals surface area contributed by atoms with E-state index in [-0.39, 0.29) is 46.8 Å². The number of hydrogen-bond donors (Lipinski definition) is 1. The predicted octanol–water partition coefficient (Wildman–Crippen LogP) is 6.64. The van der Waals surface area contributed by atoms with Crippen LogP contribution in [0.5, 0.6) is 17.2 Å². The Morgan fingerprint density at radius 2 is 1.87 bits per heavy atom. The van der Waals surface area contributed by atoms with Crippen LogP contribution in [0.3, 0.4) is 0 Å².